The van der Waals surface area contributed by atoms with Gasteiger partial charge in [0.2, 0.25) is 5.91 Å². The van der Waals surface area contributed by atoms with Crippen molar-refractivity contribution in [3.8, 4) is 0 Å². The van der Waals surface area contributed by atoms with E-state index in [9.17, 15) is 4.79 Å². The standard InChI is InChI=1S/C16H21ClN2O/c1-10-5-11(2)7-12(6-10)9-19-13-3-4-15(17)14(8-13)16(18)20/h3-5,8,10,12,19H,6-7,9H2,1-2H3,(H2,18,20). The van der Waals surface area contributed by atoms with E-state index in [2.05, 4.69) is 25.2 Å². The van der Waals surface area contributed by atoms with E-state index in [1.165, 1.54) is 12.0 Å². The van der Waals surface area contributed by atoms with Crippen LogP contribution in [0.1, 0.15) is 37.0 Å². The van der Waals surface area contributed by atoms with Gasteiger partial charge in [-0.25, -0.2) is 0 Å². The van der Waals surface area contributed by atoms with Gasteiger partial charge >= 0.3 is 0 Å². The van der Waals surface area contributed by atoms with Crippen LogP contribution in [-0.2, 0) is 0 Å². The van der Waals surface area contributed by atoms with Crippen molar-refractivity contribution in [3.05, 3.63) is 40.4 Å². The van der Waals surface area contributed by atoms with Crippen molar-refractivity contribution >= 4 is 23.2 Å². The molecule has 1 aromatic carbocycles. The fourth-order valence-corrected chi connectivity index (χ4v) is 3.14. The summed E-state index contributed by atoms with van der Waals surface area (Å²) < 4.78 is 0. The Morgan fingerprint density at radius 2 is 2.25 bits per heavy atom. The molecule has 0 heterocycles. The highest BCUT2D eigenvalue weighted by molar-refractivity contribution is 6.33. The van der Waals surface area contributed by atoms with Crippen LogP contribution >= 0.6 is 11.6 Å². The van der Waals surface area contributed by atoms with E-state index >= 15 is 0 Å². The molecule has 0 radical (unpaired) electrons. The Labute approximate surface area is 125 Å². The van der Waals surface area contributed by atoms with Gasteiger partial charge in [0.15, 0.2) is 0 Å². The highest BCUT2D eigenvalue weighted by atomic mass is 35.5. The molecule has 108 valence electrons. The predicted octanol–water partition coefficient (Wildman–Crippen LogP) is 3.84. The van der Waals surface area contributed by atoms with Gasteiger partial charge in [0.05, 0.1) is 10.6 Å². The molecule has 0 aliphatic heterocycles. The van der Waals surface area contributed by atoms with Gasteiger partial charge in [0.25, 0.3) is 0 Å². The molecule has 3 N–H and O–H groups in total. The van der Waals surface area contributed by atoms with E-state index in [4.69, 9.17) is 17.3 Å². The zero-order valence-electron chi connectivity index (χ0n) is 11.9. The molecular weight excluding hydrogens is 272 g/mol. The van der Waals surface area contributed by atoms with E-state index in [0.717, 1.165) is 18.7 Å². The SMILES string of the molecule is CC1=CC(C)CC(CNc2ccc(Cl)c(C(N)=O)c2)C1. The summed E-state index contributed by atoms with van der Waals surface area (Å²) in [5.74, 6) is 0.772. The molecule has 1 aliphatic carbocycles. The molecule has 3 nitrogen and oxygen atoms in total. The second-order valence-corrected chi connectivity index (χ2v) is 6.14. The number of carbonyl (C=O) groups is 1. The quantitative estimate of drug-likeness (QED) is 0.828. The number of nitrogens with two attached hydrogens (primary N) is 1. The first kappa shape index (κ1) is 14.9. The number of halogens is 1. The molecule has 2 rings (SSSR count). The maximum Gasteiger partial charge on any atom is 0.250 e. The first-order valence-corrected chi connectivity index (χ1v) is 7.34. The molecular formula is C16H21ClN2O. The summed E-state index contributed by atoms with van der Waals surface area (Å²) in [6, 6.07) is 5.31. The molecule has 20 heavy (non-hydrogen) atoms. The van der Waals surface area contributed by atoms with Gasteiger partial charge in [-0.2, -0.15) is 0 Å². The number of hydrogen-bond acceptors (Lipinski definition) is 2. The van der Waals surface area contributed by atoms with Crippen LogP contribution in [0.4, 0.5) is 5.69 Å². The minimum absolute atomic E-state index is 0.366. The van der Waals surface area contributed by atoms with Crippen molar-refractivity contribution in [1.82, 2.24) is 0 Å². The first-order chi connectivity index (χ1) is 9.45. The number of allylic oxidation sites excluding steroid dienone is 2. The molecule has 0 aromatic heterocycles. The van der Waals surface area contributed by atoms with Gasteiger partial charge in [-0.15, -0.1) is 0 Å². The van der Waals surface area contributed by atoms with Crippen molar-refractivity contribution in [1.29, 1.82) is 0 Å². The summed E-state index contributed by atoms with van der Waals surface area (Å²) in [6.07, 6.45) is 4.68. The molecule has 2 unspecified atom stereocenters. The van der Waals surface area contributed by atoms with E-state index < -0.39 is 5.91 Å². The molecule has 0 bridgehead atoms. The van der Waals surface area contributed by atoms with Crippen LogP contribution in [0.15, 0.2) is 29.8 Å². The number of carbonyl (C=O) groups excluding carboxylic acids is 1. The summed E-state index contributed by atoms with van der Waals surface area (Å²) in [4.78, 5) is 11.3. The molecule has 0 saturated carbocycles. The largest absolute Gasteiger partial charge is 0.385 e. The Kier molecular flexibility index (Phi) is 4.71. The summed E-state index contributed by atoms with van der Waals surface area (Å²) in [6.45, 7) is 5.34. The number of anilines is 1. The Balaban J connectivity index is 1.99. The Hall–Kier alpha value is -1.48. The zero-order chi connectivity index (χ0) is 14.7. The molecule has 2 atom stereocenters. The van der Waals surface area contributed by atoms with Crippen LogP contribution in [0.25, 0.3) is 0 Å². The second-order valence-electron chi connectivity index (χ2n) is 5.74. The van der Waals surface area contributed by atoms with Gasteiger partial charge in [-0.3, -0.25) is 4.79 Å². The van der Waals surface area contributed by atoms with E-state index in [0.29, 0.717) is 22.4 Å². The summed E-state index contributed by atoms with van der Waals surface area (Å²) in [7, 11) is 0. The molecule has 0 saturated heterocycles. The van der Waals surface area contributed by atoms with Crippen LogP contribution in [0.5, 0.6) is 0 Å². The van der Waals surface area contributed by atoms with Crippen molar-refractivity contribution in [2.24, 2.45) is 17.6 Å². The summed E-state index contributed by atoms with van der Waals surface area (Å²) in [5.41, 5.74) is 8.02. The van der Waals surface area contributed by atoms with Gasteiger partial charge in [0, 0.05) is 12.2 Å². The maximum atomic E-state index is 11.3. The number of benzene rings is 1. The lowest BCUT2D eigenvalue weighted by Gasteiger charge is -2.26. The lowest BCUT2D eigenvalue weighted by Crippen LogP contribution is -2.20. The monoisotopic (exact) mass is 292 g/mol. The number of amides is 1. The normalized spacial score (nSPS) is 22.2. The van der Waals surface area contributed by atoms with Gasteiger partial charge in [-0.05, 0) is 49.8 Å². The number of rotatable bonds is 4. The second kappa shape index (κ2) is 6.31. The van der Waals surface area contributed by atoms with Crippen LogP contribution in [-0.4, -0.2) is 12.5 Å². The molecule has 1 aliphatic rings. The minimum Gasteiger partial charge on any atom is -0.385 e. The maximum absolute atomic E-state index is 11.3. The third-order valence-corrected chi connectivity index (χ3v) is 4.04. The third kappa shape index (κ3) is 3.76. The first-order valence-electron chi connectivity index (χ1n) is 6.96. The van der Waals surface area contributed by atoms with Crippen molar-refractivity contribution in [3.63, 3.8) is 0 Å². The van der Waals surface area contributed by atoms with E-state index in [1.807, 2.05) is 6.07 Å². The molecule has 4 heteroatoms. The van der Waals surface area contributed by atoms with Crippen molar-refractivity contribution in [2.75, 3.05) is 11.9 Å². The highest BCUT2D eigenvalue weighted by Gasteiger charge is 2.18. The van der Waals surface area contributed by atoms with Crippen LogP contribution in [0, 0.1) is 11.8 Å². The fourth-order valence-electron chi connectivity index (χ4n) is 2.93. The van der Waals surface area contributed by atoms with Gasteiger partial charge in [-0.1, -0.05) is 30.2 Å². The Morgan fingerprint density at radius 3 is 2.90 bits per heavy atom. The lowest BCUT2D eigenvalue weighted by atomic mass is 9.84. The van der Waals surface area contributed by atoms with E-state index in [-0.39, 0.29) is 0 Å². The van der Waals surface area contributed by atoms with Crippen molar-refractivity contribution in [2.45, 2.75) is 26.7 Å². The fraction of sp³-hybridized carbons (Fsp3) is 0.438. The number of hydrogen-bond donors (Lipinski definition) is 2. The molecule has 0 spiro atoms. The minimum atomic E-state index is -0.497. The highest BCUT2D eigenvalue weighted by Crippen LogP contribution is 2.28. The van der Waals surface area contributed by atoms with Crippen LogP contribution in [0.3, 0.4) is 0 Å². The molecule has 1 aromatic rings. The smallest absolute Gasteiger partial charge is 0.250 e. The topological polar surface area (TPSA) is 55.1 Å². The number of primary amides is 1. The van der Waals surface area contributed by atoms with Crippen LogP contribution < -0.4 is 11.1 Å². The van der Waals surface area contributed by atoms with Crippen molar-refractivity contribution < 1.29 is 4.79 Å². The summed E-state index contributed by atoms with van der Waals surface area (Å²) >= 11 is 5.94. The third-order valence-electron chi connectivity index (χ3n) is 3.71. The average Bonchev–Trinajstić information content (AvgIpc) is 2.36. The predicted molar refractivity (Wildman–Crippen MR) is 84.1 cm³/mol. The number of nitrogens with one attached hydrogen (secondary N) is 1. The summed E-state index contributed by atoms with van der Waals surface area (Å²) in [5, 5.41) is 3.78. The zero-order valence-corrected chi connectivity index (χ0v) is 12.7. The molecule has 1 amide bonds. The Morgan fingerprint density at radius 1 is 1.50 bits per heavy atom. The van der Waals surface area contributed by atoms with E-state index in [1.54, 1.807) is 12.1 Å². The van der Waals surface area contributed by atoms with Gasteiger partial charge in [0.1, 0.15) is 0 Å². The lowest BCUT2D eigenvalue weighted by molar-refractivity contribution is 0.100. The van der Waals surface area contributed by atoms with Gasteiger partial charge < -0.3 is 11.1 Å². The Bertz CT molecular complexity index is 539. The molecule has 0 fully saturated rings. The van der Waals surface area contributed by atoms with Crippen LogP contribution in [0.2, 0.25) is 5.02 Å². The average molecular weight is 293 g/mol.